The van der Waals surface area contributed by atoms with Gasteiger partial charge in [0, 0.05) is 4.90 Å². The fourth-order valence-electron chi connectivity index (χ4n) is 1.60. The molecule has 17 heavy (non-hydrogen) atoms. The number of aryl methyl sites for hydroxylation is 1. The predicted molar refractivity (Wildman–Crippen MR) is 67.0 cm³/mol. The number of rotatable bonds is 2. The number of benzene rings is 1. The number of aromatic amines is 1. The highest BCUT2D eigenvalue weighted by Gasteiger charge is 2.08. The number of imidazole rings is 1. The van der Waals surface area contributed by atoms with E-state index in [9.17, 15) is 0 Å². The average molecular weight is 242 g/mol. The van der Waals surface area contributed by atoms with Crippen molar-refractivity contribution in [2.45, 2.75) is 16.8 Å². The second kappa shape index (κ2) is 4.18. The van der Waals surface area contributed by atoms with E-state index in [1.807, 2.05) is 12.1 Å². The van der Waals surface area contributed by atoms with Crippen molar-refractivity contribution in [1.29, 1.82) is 0 Å². The molecule has 3 rings (SSSR count). The van der Waals surface area contributed by atoms with E-state index < -0.39 is 0 Å². The van der Waals surface area contributed by atoms with Gasteiger partial charge < -0.3 is 4.98 Å². The van der Waals surface area contributed by atoms with Gasteiger partial charge in [-0.3, -0.25) is 0 Å². The van der Waals surface area contributed by atoms with Crippen molar-refractivity contribution in [3.8, 4) is 0 Å². The smallest absolute Gasteiger partial charge is 0.181 e. The molecule has 5 heteroatoms. The molecule has 0 radical (unpaired) electrons. The summed E-state index contributed by atoms with van der Waals surface area (Å²) >= 11 is 1.63. The molecule has 84 valence electrons. The lowest BCUT2D eigenvalue weighted by Gasteiger charge is -2.04. The molecule has 0 saturated carbocycles. The Balaban J connectivity index is 2.06. The molecule has 0 saturated heterocycles. The summed E-state index contributed by atoms with van der Waals surface area (Å²) < 4.78 is 0. The molecule has 0 spiro atoms. The van der Waals surface area contributed by atoms with Crippen molar-refractivity contribution in [2.75, 3.05) is 0 Å². The van der Waals surface area contributed by atoms with Crippen LogP contribution in [0.3, 0.4) is 0 Å². The highest BCUT2D eigenvalue weighted by atomic mass is 32.2. The molecule has 1 N–H and O–H groups in total. The van der Waals surface area contributed by atoms with Crippen LogP contribution in [0.1, 0.15) is 5.56 Å². The van der Waals surface area contributed by atoms with E-state index in [-0.39, 0.29) is 0 Å². The van der Waals surface area contributed by atoms with Crippen molar-refractivity contribution < 1.29 is 0 Å². The SMILES string of the molecule is Cc1ccccc1Sc1ncnc2nc[nH]c12. The first-order valence-electron chi connectivity index (χ1n) is 5.22. The van der Waals surface area contributed by atoms with Crippen LogP contribution >= 0.6 is 11.8 Å². The van der Waals surface area contributed by atoms with Crippen LogP contribution in [0.2, 0.25) is 0 Å². The third-order valence-electron chi connectivity index (χ3n) is 2.49. The van der Waals surface area contributed by atoms with E-state index in [0.717, 1.165) is 10.5 Å². The Hall–Kier alpha value is -1.88. The molecule has 0 fully saturated rings. The van der Waals surface area contributed by atoms with E-state index in [1.165, 1.54) is 10.5 Å². The Morgan fingerprint density at radius 3 is 2.88 bits per heavy atom. The molecular weight excluding hydrogens is 232 g/mol. The quantitative estimate of drug-likeness (QED) is 0.702. The van der Waals surface area contributed by atoms with E-state index >= 15 is 0 Å². The summed E-state index contributed by atoms with van der Waals surface area (Å²) in [7, 11) is 0. The molecule has 4 nitrogen and oxygen atoms in total. The van der Waals surface area contributed by atoms with Gasteiger partial charge in [0.1, 0.15) is 16.9 Å². The van der Waals surface area contributed by atoms with Crippen molar-refractivity contribution >= 4 is 22.9 Å². The summed E-state index contributed by atoms with van der Waals surface area (Å²) in [6, 6.07) is 8.24. The molecule has 0 aliphatic carbocycles. The minimum Gasteiger partial charge on any atom is -0.341 e. The van der Waals surface area contributed by atoms with Gasteiger partial charge in [0.2, 0.25) is 0 Å². The maximum absolute atomic E-state index is 4.30. The highest BCUT2D eigenvalue weighted by Crippen LogP contribution is 2.31. The van der Waals surface area contributed by atoms with Crippen molar-refractivity contribution in [3.63, 3.8) is 0 Å². The molecule has 0 amide bonds. The molecule has 0 aliphatic rings. The monoisotopic (exact) mass is 242 g/mol. The fraction of sp³-hybridized carbons (Fsp3) is 0.0833. The van der Waals surface area contributed by atoms with Crippen LogP contribution < -0.4 is 0 Å². The topological polar surface area (TPSA) is 54.5 Å². The van der Waals surface area contributed by atoms with Crippen LogP contribution in [0.5, 0.6) is 0 Å². The average Bonchev–Trinajstić information content (AvgIpc) is 2.81. The van der Waals surface area contributed by atoms with Crippen molar-refractivity contribution in [2.24, 2.45) is 0 Å². The summed E-state index contributed by atoms with van der Waals surface area (Å²) in [5.41, 5.74) is 2.83. The van der Waals surface area contributed by atoms with E-state index in [1.54, 1.807) is 24.4 Å². The number of fused-ring (bicyclic) bond motifs is 1. The minimum atomic E-state index is 0.705. The number of H-pyrrole nitrogens is 1. The first-order chi connectivity index (χ1) is 8.34. The van der Waals surface area contributed by atoms with Crippen molar-refractivity contribution in [3.05, 3.63) is 42.5 Å². The lowest BCUT2D eigenvalue weighted by atomic mass is 10.2. The molecule has 3 aromatic rings. The lowest BCUT2D eigenvalue weighted by Crippen LogP contribution is -1.87. The standard InChI is InChI=1S/C12H10N4S/c1-8-4-2-3-5-9(8)17-12-10-11(14-6-13-10)15-7-16-12/h2-7H,1H3,(H,13,14,15,16). The van der Waals surface area contributed by atoms with Gasteiger partial charge in [-0.15, -0.1) is 0 Å². The normalized spacial score (nSPS) is 10.9. The summed E-state index contributed by atoms with van der Waals surface area (Å²) in [6.45, 7) is 2.09. The zero-order valence-electron chi connectivity index (χ0n) is 9.21. The maximum atomic E-state index is 4.30. The summed E-state index contributed by atoms with van der Waals surface area (Å²) in [5.74, 6) is 0. The fourth-order valence-corrected chi connectivity index (χ4v) is 2.53. The number of nitrogens with zero attached hydrogens (tertiary/aromatic N) is 3. The molecule has 2 heterocycles. The van der Waals surface area contributed by atoms with Crippen LogP contribution in [0, 0.1) is 6.92 Å². The van der Waals surface area contributed by atoms with Crippen LogP contribution in [0.15, 0.2) is 46.8 Å². The maximum Gasteiger partial charge on any atom is 0.181 e. The molecule has 0 unspecified atom stereocenters. The molecule has 2 aromatic heterocycles. The molecule has 0 atom stereocenters. The molecule has 0 bridgehead atoms. The van der Waals surface area contributed by atoms with Crippen molar-refractivity contribution in [1.82, 2.24) is 19.9 Å². The van der Waals surface area contributed by atoms with Crippen LogP contribution in [0.25, 0.3) is 11.2 Å². The Bertz CT molecular complexity index is 662. The summed E-state index contributed by atoms with van der Waals surface area (Å²) in [6.07, 6.45) is 3.19. The van der Waals surface area contributed by atoms with Gasteiger partial charge in [0.25, 0.3) is 0 Å². The Kier molecular flexibility index (Phi) is 2.53. The summed E-state index contributed by atoms with van der Waals surface area (Å²) in [5, 5.41) is 0.904. The van der Waals surface area contributed by atoms with Crippen LogP contribution in [-0.4, -0.2) is 19.9 Å². The Morgan fingerprint density at radius 2 is 2.00 bits per heavy atom. The number of aromatic nitrogens is 4. The first kappa shape index (κ1) is 10.3. The van der Waals surface area contributed by atoms with Gasteiger partial charge in [0.15, 0.2) is 5.65 Å². The van der Waals surface area contributed by atoms with E-state index in [2.05, 4.69) is 39.0 Å². The summed E-state index contributed by atoms with van der Waals surface area (Å²) in [4.78, 5) is 16.8. The highest BCUT2D eigenvalue weighted by molar-refractivity contribution is 7.99. The van der Waals surface area contributed by atoms with E-state index in [0.29, 0.717) is 5.65 Å². The number of hydrogen-bond acceptors (Lipinski definition) is 4. The Morgan fingerprint density at radius 1 is 1.12 bits per heavy atom. The second-order valence-corrected chi connectivity index (χ2v) is 4.68. The molecule has 0 aliphatic heterocycles. The van der Waals surface area contributed by atoms with Crippen LogP contribution in [0.4, 0.5) is 0 Å². The largest absolute Gasteiger partial charge is 0.341 e. The Labute approximate surface area is 103 Å². The molecule has 1 aromatic carbocycles. The minimum absolute atomic E-state index is 0.705. The second-order valence-electron chi connectivity index (χ2n) is 3.65. The number of hydrogen-bond donors (Lipinski definition) is 1. The zero-order chi connectivity index (χ0) is 11.7. The predicted octanol–water partition coefficient (Wildman–Crippen LogP) is 2.81. The van der Waals surface area contributed by atoms with Gasteiger partial charge in [0.05, 0.1) is 6.33 Å². The number of nitrogens with one attached hydrogen (secondary N) is 1. The van der Waals surface area contributed by atoms with Gasteiger partial charge in [-0.05, 0) is 18.6 Å². The van der Waals surface area contributed by atoms with Gasteiger partial charge in [-0.2, -0.15) is 0 Å². The van der Waals surface area contributed by atoms with Crippen LogP contribution in [-0.2, 0) is 0 Å². The van der Waals surface area contributed by atoms with Gasteiger partial charge in [-0.25, -0.2) is 15.0 Å². The van der Waals surface area contributed by atoms with E-state index in [4.69, 9.17) is 0 Å². The molecular formula is C12H10N4S. The van der Waals surface area contributed by atoms with Gasteiger partial charge in [-0.1, -0.05) is 30.0 Å². The third kappa shape index (κ3) is 1.89. The first-order valence-corrected chi connectivity index (χ1v) is 6.04. The lowest BCUT2D eigenvalue weighted by molar-refractivity contribution is 1.08. The zero-order valence-corrected chi connectivity index (χ0v) is 10.0. The van der Waals surface area contributed by atoms with Gasteiger partial charge >= 0.3 is 0 Å². The third-order valence-corrected chi connectivity index (χ3v) is 3.67.